The maximum Gasteiger partial charge on any atom is 0.159 e. The second kappa shape index (κ2) is 5.73. The van der Waals surface area contributed by atoms with Crippen molar-refractivity contribution in [1.29, 1.82) is 0 Å². The average Bonchev–Trinajstić information content (AvgIpc) is 2.75. The number of benzene rings is 1. The van der Waals surface area contributed by atoms with Crippen LogP contribution in [0.25, 0.3) is 0 Å². The first-order valence-electron chi connectivity index (χ1n) is 9.14. The van der Waals surface area contributed by atoms with E-state index in [2.05, 4.69) is 12.1 Å². The van der Waals surface area contributed by atoms with Crippen LogP contribution >= 0.6 is 0 Å². The Balaban J connectivity index is 1.82. The summed E-state index contributed by atoms with van der Waals surface area (Å²) in [5, 5.41) is 10.9. The van der Waals surface area contributed by atoms with Crippen LogP contribution in [0.3, 0.4) is 0 Å². The van der Waals surface area contributed by atoms with Gasteiger partial charge >= 0.3 is 0 Å². The van der Waals surface area contributed by atoms with Gasteiger partial charge in [0.2, 0.25) is 0 Å². The van der Waals surface area contributed by atoms with Crippen LogP contribution in [0.2, 0.25) is 0 Å². The Hall–Kier alpha value is -1.61. The molecule has 1 N–H and O–H groups in total. The molecule has 0 spiro atoms. The Kier molecular flexibility index (Phi) is 3.80. The molecule has 2 fully saturated rings. The topological polar surface area (TPSA) is 46.5 Å². The average molecular weight is 326 g/mol. The number of carbonyl (C=O) groups excluding carboxylic acids is 1. The molecule has 1 aromatic carbocycles. The third-order valence-electron chi connectivity index (χ3n) is 6.82. The van der Waals surface area contributed by atoms with Gasteiger partial charge in [-0.25, -0.2) is 0 Å². The summed E-state index contributed by atoms with van der Waals surface area (Å²) in [5.74, 6) is 1.49. The summed E-state index contributed by atoms with van der Waals surface area (Å²) in [5.41, 5.74) is 2.05. The molecule has 3 nitrogen and oxygen atoms in total. The lowest BCUT2D eigenvalue weighted by molar-refractivity contribution is -0.155. The van der Waals surface area contributed by atoms with Crippen LogP contribution in [0.1, 0.15) is 44.6 Å². The van der Waals surface area contributed by atoms with Crippen LogP contribution in [-0.2, 0) is 10.2 Å². The minimum Gasteiger partial charge on any atom is -0.497 e. The minimum absolute atomic E-state index is 0.00361. The predicted molar refractivity (Wildman–Crippen MR) is 93.0 cm³/mol. The molecule has 0 heterocycles. The summed E-state index contributed by atoms with van der Waals surface area (Å²) >= 11 is 0. The molecule has 5 atom stereocenters. The van der Waals surface area contributed by atoms with E-state index in [4.69, 9.17) is 4.74 Å². The van der Waals surface area contributed by atoms with E-state index in [1.807, 2.05) is 19.1 Å². The predicted octanol–water partition coefficient (Wildman–Crippen LogP) is 3.65. The molecule has 4 rings (SSSR count). The second-order valence-corrected chi connectivity index (χ2v) is 7.76. The Morgan fingerprint density at radius 2 is 1.92 bits per heavy atom. The zero-order valence-corrected chi connectivity index (χ0v) is 14.5. The Labute approximate surface area is 143 Å². The van der Waals surface area contributed by atoms with Crippen molar-refractivity contribution < 1.29 is 14.6 Å². The van der Waals surface area contributed by atoms with Crippen molar-refractivity contribution in [3.8, 4) is 5.75 Å². The molecule has 0 saturated heterocycles. The number of methoxy groups -OCH3 is 1. The third-order valence-corrected chi connectivity index (χ3v) is 6.82. The Bertz CT molecular complexity index is 675. The van der Waals surface area contributed by atoms with Crippen LogP contribution in [0.15, 0.2) is 35.9 Å². The zero-order chi connectivity index (χ0) is 16.9. The monoisotopic (exact) mass is 326 g/mol. The number of hydrogen-bond acceptors (Lipinski definition) is 3. The highest BCUT2D eigenvalue weighted by Gasteiger charge is 2.66. The molecular weight excluding hydrogens is 300 g/mol. The van der Waals surface area contributed by atoms with Gasteiger partial charge in [0.05, 0.1) is 13.2 Å². The molecule has 0 aromatic heterocycles. The summed E-state index contributed by atoms with van der Waals surface area (Å²) in [4.78, 5) is 12.6. The van der Waals surface area contributed by atoms with Crippen molar-refractivity contribution in [2.24, 2.45) is 17.8 Å². The van der Waals surface area contributed by atoms with Crippen LogP contribution in [0.4, 0.5) is 0 Å². The lowest BCUT2D eigenvalue weighted by Gasteiger charge is -2.64. The summed E-state index contributed by atoms with van der Waals surface area (Å²) in [6.45, 7) is 1.89. The van der Waals surface area contributed by atoms with E-state index >= 15 is 0 Å². The number of hydrogen-bond donors (Lipinski definition) is 1. The third kappa shape index (κ3) is 2.03. The molecule has 128 valence electrons. The maximum absolute atomic E-state index is 12.6. The second-order valence-electron chi connectivity index (χ2n) is 7.76. The molecule has 24 heavy (non-hydrogen) atoms. The van der Waals surface area contributed by atoms with Crippen LogP contribution in [-0.4, -0.2) is 24.1 Å². The first-order valence-corrected chi connectivity index (χ1v) is 9.14. The number of rotatable bonds is 2. The first kappa shape index (κ1) is 15.9. The van der Waals surface area contributed by atoms with Gasteiger partial charge in [0.1, 0.15) is 5.75 Å². The fourth-order valence-electron chi connectivity index (χ4n) is 5.76. The maximum atomic E-state index is 12.6. The van der Waals surface area contributed by atoms with Gasteiger partial charge in [-0.15, -0.1) is 0 Å². The lowest BCUT2D eigenvalue weighted by Crippen LogP contribution is -2.67. The normalized spacial score (nSPS) is 38.3. The number of carbonyl (C=O) groups is 1. The van der Waals surface area contributed by atoms with Gasteiger partial charge in [-0.1, -0.05) is 31.4 Å². The largest absolute Gasteiger partial charge is 0.497 e. The molecule has 3 heteroatoms. The number of allylic oxidation sites excluding steroid dienone is 1. The highest BCUT2D eigenvalue weighted by molar-refractivity contribution is 5.95. The smallest absolute Gasteiger partial charge is 0.159 e. The van der Waals surface area contributed by atoms with E-state index in [1.165, 1.54) is 24.8 Å². The molecule has 2 saturated carbocycles. The van der Waals surface area contributed by atoms with E-state index in [0.717, 1.165) is 24.2 Å². The fraction of sp³-hybridized carbons (Fsp3) is 0.571. The highest BCUT2D eigenvalue weighted by Crippen LogP contribution is 2.65. The van der Waals surface area contributed by atoms with Crippen molar-refractivity contribution in [2.75, 3.05) is 7.11 Å². The molecule has 0 aliphatic heterocycles. The van der Waals surface area contributed by atoms with Crippen molar-refractivity contribution >= 4 is 5.78 Å². The van der Waals surface area contributed by atoms with Gasteiger partial charge in [-0.05, 0) is 55.0 Å². The highest BCUT2D eigenvalue weighted by atomic mass is 16.5. The van der Waals surface area contributed by atoms with E-state index in [0.29, 0.717) is 5.92 Å². The van der Waals surface area contributed by atoms with Gasteiger partial charge in [0.25, 0.3) is 0 Å². The zero-order valence-electron chi connectivity index (χ0n) is 14.5. The van der Waals surface area contributed by atoms with Crippen LogP contribution in [0, 0.1) is 17.8 Å². The molecule has 0 radical (unpaired) electrons. The van der Waals surface area contributed by atoms with E-state index in [1.54, 1.807) is 13.2 Å². The number of fused-ring (bicyclic) bond motifs is 4. The van der Waals surface area contributed by atoms with Gasteiger partial charge < -0.3 is 9.84 Å². The Morgan fingerprint density at radius 1 is 1.17 bits per heavy atom. The van der Waals surface area contributed by atoms with E-state index in [9.17, 15) is 9.90 Å². The summed E-state index contributed by atoms with van der Waals surface area (Å²) in [6.07, 6.45) is 6.96. The Morgan fingerprint density at radius 3 is 2.62 bits per heavy atom. The first-order chi connectivity index (χ1) is 11.6. The minimum atomic E-state index is -0.496. The SMILES string of the molecule is COc1ccc([C@@]23CCCCCC2C2C(=O)C=C(C)C(O)C23)cc1. The lowest BCUT2D eigenvalue weighted by atomic mass is 9.39. The van der Waals surface area contributed by atoms with Crippen LogP contribution < -0.4 is 4.74 Å². The number of aliphatic hydroxyl groups is 1. The van der Waals surface area contributed by atoms with Crippen molar-refractivity contribution in [3.63, 3.8) is 0 Å². The molecule has 3 aliphatic carbocycles. The quantitative estimate of drug-likeness (QED) is 0.902. The molecule has 0 bridgehead atoms. The van der Waals surface area contributed by atoms with Gasteiger partial charge in [-0.3, -0.25) is 4.79 Å². The van der Waals surface area contributed by atoms with Gasteiger partial charge in [-0.2, -0.15) is 0 Å². The molecule has 0 amide bonds. The standard InChI is InChI=1S/C21H26O3/c1-13-12-17(22)18-16-6-4-3-5-11-21(16,19(18)20(13)23)14-7-9-15(24-2)10-8-14/h7-10,12,16,18-20,23H,3-6,11H2,1-2H3/t16?,18?,19?,20?,21-/m0/s1. The van der Waals surface area contributed by atoms with Gasteiger partial charge in [0, 0.05) is 17.3 Å². The van der Waals surface area contributed by atoms with E-state index < -0.39 is 6.10 Å². The van der Waals surface area contributed by atoms with Gasteiger partial charge in [0.15, 0.2) is 5.78 Å². The van der Waals surface area contributed by atoms with Crippen LogP contribution in [0.5, 0.6) is 5.75 Å². The van der Waals surface area contributed by atoms with Crippen molar-refractivity contribution in [1.82, 2.24) is 0 Å². The summed E-state index contributed by atoms with van der Waals surface area (Å²) in [6, 6.07) is 8.33. The number of ether oxygens (including phenoxy) is 1. The summed E-state index contributed by atoms with van der Waals surface area (Å²) in [7, 11) is 1.68. The molecule has 4 unspecified atom stereocenters. The number of ketones is 1. The summed E-state index contributed by atoms with van der Waals surface area (Å²) < 4.78 is 5.31. The molecule has 3 aliphatic rings. The van der Waals surface area contributed by atoms with E-state index in [-0.39, 0.29) is 23.0 Å². The number of aliphatic hydroxyl groups excluding tert-OH is 1. The molecular formula is C21H26O3. The van der Waals surface area contributed by atoms with Crippen molar-refractivity contribution in [3.05, 3.63) is 41.5 Å². The fourth-order valence-corrected chi connectivity index (χ4v) is 5.76. The van der Waals surface area contributed by atoms with Crippen molar-refractivity contribution in [2.45, 2.75) is 50.5 Å². The molecule has 1 aromatic rings.